The van der Waals surface area contributed by atoms with Crippen LogP contribution in [0.4, 0.5) is 4.79 Å². The number of nitrogens with one attached hydrogen (secondary N) is 2. The third kappa shape index (κ3) is 9.14. The molecule has 9 nitrogen and oxygen atoms in total. The molecule has 35 heavy (non-hydrogen) atoms. The van der Waals surface area contributed by atoms with Crippen LogP contribution in [0, 0.1) is 11.8 Å². The third-order valence-corrected chi connectivity index (χ3v) is 5.98. The monoisotopic (exact) mass is 492 g/mol. The Morgan fingerprint density at radius 3 is 2.31 bits per heavy atom. The number of benzene rings is 1. The largest absolute Gasteiger partial charge is 0.459 e. The Morgan fingerprint density at radius 2 is 1.74 bits per heavy atom. The van der Waals surface area contributed by atoms with E-state index < -0.39 is 36.0 Å². The zero-order chi connectivity index (χ0) is 26.2. The molecule has 2 rings (SSSR count). The van der Waals surface area contributed by atoms with Crippen molar-refractivity contribution in [1.29, 1.82) is 0 Å². The van der Waals surface area contributed by atoms with Crippen LogP contribution in [0.2, 0.25) is 0 Å². The van der Waals surface area contributed by atoms with Crippen LogP contribution < -0.4 is 10.6 Å². The normalized spacial score (nSPS) is 25.3. The number of rotatable bonds is 9. The number of hydrogen-bond donors (Lipinski definition) is 2. The van der Waals surface area contributed by atoms with E-state index in [1.54, 1.807) is 20.8 Å². The summed E-state index contributed by atoms with van der Waals surface area (Å²) in [5.41, 5.74) is 0.0690. The van der Waals surface area contributed by atoms with Gasteiger partial charge in [0.2, 0.25) is 5.91 Å². The van der Waals surface area contributed by atoms with Gasteiger partial charge in [0, 0.05) is 6.92 Å². The summed E-state index contributed by atoms with van der Waals surface area (Å²) in [7, 11) is 0. The SMILES string of the molecule is CCC1OC(OC[C@H](NC(=O)OC(C)(C)C)C(=O)OCc2ccccc2)C(NC(C)=O)C(C)C1C. The van der Waals surface area contributed by atoms with E-state index in [1.165, 1.54) is 6.92 Å². The van der Waals surface area contributed by atoms with Crippen molar-refractivity contribution in [3.63, 3.8) is 0 Å². The van der Waals surface area contributed by atoms with E-state index in [0.29, 0.717) is 0 Å². The molecule has 1 aliphatic rings. The molecule has 1 aromatic carbocycles. The Labute approximate surface area is 208 Å². The zero-order valence-corrected chi connectivity index (χ0v) is 21.8. The summed E-state index contributed by atoms with van der Waals surface area (Å²) in [5.74, 6) is -0.597. The van der Waals surface area contributed by atoms with Crippen molar-refractivity contribution >= 4 is 18.0 Å². The molecule has 1 aromatic rings. The number of esters is 1. The summed E-state index contributed by atoms with van der Waals surface area (Å²) in [6, 6.07) is 7.68. The number of amides is 2. The molecule has 6 atom stereocenters. The lowest BCUT2D eigenvalue weighted by molar-refractivity contribution is -0.238. The van der Waals surface area contributed by atoms with Crippen molar-refractivity contribution in [3.05, 3.63) is 35.9 Å². The van der Waals surface area contributed by atoms with Crippen molar-refractivity contribution in [2.24, 2.45) is 11.8 Å². The predicted molar refractivity (Wildman–Crippen MR) is 130 cm³/mol. The maximum Gasteiger partial charge on any atom is 0.408 e. The van der Waals surface area contributed by atoms with Crippen molar-refractivity contribution in [3.8, 4) is 0 Å². The molecular weight excluding hydrogens is 452 g/mol. The van der Waals surface area contributed by atoms with Crippen molar-refractivity contribution in [2.75, 3.05) is 6.61 Å². The highest BCUT2D eigenvalue weighted by atomic mass is 16.7. The van der Waals surface area contributed by atoms with Gasteiger partial charge in [0.1, 0.15) is 12.2 Å². The van der Waals surface area contributed by atoms with E-state index in [9.17, 15) is 14.4 Å². The summed E-state index contributed by atoms with van der Waals surface area (Å²) in [6.45, 7) is 12.6. The zero-order valence-electron chi connectivity index (χ0n) is 21.8. The van der Waals surface area contributed by atoms with E-state index in [4.69, 9.17) is 18.9 Å². The van der Waals surface area contributed by atoms with Crippen molar-refractivity contribution in [1.82, 2.24) is 10.6 Å². The Bertz CT molecular complexity index is 840. The Morgan fingerprint density at radius 1 is 1.09 bits per heavy atom. The minimum absolute atomic E-state index is 0.0487. The van der Waals surface area contributed by atoms with Gasteiger partial charge < -0.3 is 29.6 Å². The molecule has 0 spiro atoms. The molecule has 0 aliphatic carbocycles. The summed E-state index contributed by atoms with van der Waals surface area (Å²) in [4.78, 5) is 37.2. The lowest BCUT2D eigenvalue weighted by atomic mass is 9.81. The molecule has 1 saturated heterocycles. The second-order valence-electron chi connectivity index (χ2n) is 10.0. The van der Waals surface area contributed by atoms with Crippen LogP contribution in [0.1, 0.15) is 60.5 Å². The molecular formula is C26H40N2O7. The molecule has 2 N–H and O–H groups in total. The van der Waals surface area contributed by atoms with Gasteiger partial charge in [0.25, 0.3) is 0 Å². The average Bonchev–Trinajstić information content (AvgIpc) is 2.78. The maximum absolute atomic E-state index is 12.9. The fraction of sp³-hybridized carbons (Fsp3) is 0.654. The van der Waals surface area contributed by atoms with Gasteiger partial charge in [0.15, 0.2) is 12.3 Å². The predicted octanol–water partition coefficient (Wildman–Crippen LogP) is 3.55. The number of hydrogen-bond acceptors (Lipinski definition) is 7. The van der Waals surface area contributed by atoms with Crippen LogP contribution in [-0.2, 0) is 35.1 Å². The number of carbonyl (C=O) groups is 3. The minimum atomic E-state index is -1.13. The summed E-state index contributed by atoms with van der Waals surface area (Å²) < 4.78 is 22.9. The first-order valence-electron chi connectivity index (χ1n) is 12.2. The molecule has 1 fully saturated rings. The third-order valence-electron chi connectivity index (χ3n) is 5.98. The van der Waals surface area contributed by atoms with Gasteiger partial charge >= 0.3 is 12.1 Å². The van der Waals surface area contributed by atoms with Gasteiger partial charge in [0.05, 0.1) is 18.8 Å². The van der Waals surface area contributed by atoms with E-state index in [0.717, 1.165) is 12.0 Å². The van der Waals surface area contributed by atoms with E-state index >= 15 is 0 Å². The van der Waals surface area contributed by atoms with Crippen LogP contribution in [-0.4, -0.2) is 54.7 Å². The van der Waals surface area contributed by atoms with Gasteiger partial charge in [-0.15, -0.1) is 0 Å². The van der Waals surface area contributed by atoms with Crippen LogP contribution >= 0.6 is 0 Å². The van der Waals surface area contributed by atoms with Crippen molar-refractivity contribution < 1.29 is 33.3 Å². The van der Waals surface area contributed by atoms with Gasteiger partial charge in [-0.05, 0) is 44.6 Å². The Balaban J connectivity index is 2.13. The molecule has 0 aromatic heterocycles. The van der Waals surface area contributed by atoms with Crippen molar-refractivity contribution in [2.45, 2.75) is 91.6 Å². The van der Waals surface area contributed by atoms with E-state index in [2.05, 4.69) is 17.6 Å². The van der Waals surface area contributed by atoms with Gasteiger partial charge in [-0.3, -0.25) is 4.79 Å². The molecule has 9 heteroatoms. The van der Waals surface area contributed by atoms with Gasteiger partial charge in [-0.2, -0.15) is 0 Å². The highest BCUT2D eigenvalue weighted by Gasteiger charge is 2.42. The van der Waals surface area contributed by atoms with Crippen LogP contribution in [0.25, 0.3) is 0 Å². The summed E-state index contributed by atoms with van der Waals surface area (Å²) >= 11 is 0. The molecule has 0 saturated carbocycles. The summed E-state index contributed by atoms with van der Waals surface area (Å²) in [5, 5.41) is 5.46. The average molecular weight is 493 g/mol. The molecule has 2 amide bonds. The fourth-order valence-corrected chi connectivity index (χ4v) is 3.98. The molecule has 0 bridgehead atoms. The number of carbonyl (C=O) groups excluding carboxylic acids is 3. The standard InChI is InChI=1S/C26H40N2O7/c1-8-21-16(2)17(3)22(27-18(4)29)24(34-21)33-15-20(28-25(31)35-26(5,6)7)23(30)32-14-19-12-10-9-11-13-19/h9-13,16-17,20-22,24H,8,14-15H2,1-7H3,(H,27,29)(H,28,31)/t16?,17?,20-,21?,22?,24?/m0/s1. The maximum atomic E-state index is 12.9. The lowest BCUT2D eigenvalue weighted by Crippen LogP contribution is -2.58. The molecule has 1 aliphatic heterocycles. The topological polar surface area (TPSA) is 112 Å². The van der Waals surface area contributed by atoms with Gasteiger partial charge in [-0.1, -0.05) is 51.1 Å². The van der Waals surface area contributed by atoms with Gasteiger partial charge in [-0.25, -0.2) is 9.59 Å². The highest BCUT2D eigenvalue weighted by molar-refractivity contribution is 5.81. The number of ether oxygens (including phenoxy) is 4. The minimum Gasteiger partial charge on any atom is -0.459 e. The highest BCUT2D eigenvalue weighted by Crippen LogP contribution is 2.33. The number of alkyl carbamates (subject to hydrolysis) is 1. The first-order valence-corrected chi connectivity index (χ1v) is 12.2. The second-order valence-corrected chi connectivity index (χ2v) is 10.0. The van der Waals surface area contributed by atoms with E-state index in [-0.39, 0.29) is 37.1 Å². The quantitative estimate of drug-likeness (QED) is 0.507. The second kappa shape index (κ2) is 12.9. The smallest absolute Gasteiger partial charge is 0.408 e. The Kier molecular flexibility index (Phi) is 10.5. The molecule has 196 valence electrons. The summed E-state index contributed by atoms with van der Waals surface area (Å²) in [6.07, 6.45) is -0.849. The Hall–Kier alpha value is -2.65. The molecule has 5 unspecified atom stereocenters. The first kappa shape index (κ1) is 28.6. The van der Waals surface area contributed by atoms with Crippen LogP contribution in [0.3, 0.4) is 0 Å². The molecule has 1 heterocycles. The fourth-order valence-electron chi connectivity index (χ4n) is 3.98. The lowest BCUT2D eigenvalue weighted by Gasteiger charge is -2.44. The van der Waals surface area contributed by atoms with E-state index in [1.807, 2.05) is 44.2 Å². The molecule has 0 radical (unpaired) electrons. The van der Waals surface area contributed by atoms with Crippen LogP contribution in [0.15, 0.2) is 30.3 Å². The van der Waals surface area contributed by atoms with Crippen LogP contribution in [0.5, 0.6) is 0 Å². The first-order chi connectivity index (χ1) is 16.4.